The molecule has 0 unspecified atom stereocenters. The maximum absolute atomic E-state index is 5.72. The van der Waals surface area contributed by atoms with Gasteiger partial charge in [-0.15, -0.1) is 11.6 Å². The molecule has 0 aromatic carbocycles. The van der Waals surface area contributed by atoms with Crippen LogP contribution in [0.5, 0.6) is 0 Å². The number of rotatable bonds is 4. The molecule has 0 aromatic heterocycles. The van der Waals surface area contributed by atoms with E-state index in [4.69, 9.17) is 27.9 Å². The van der Waals surface area contributed by atoms with Crippen molar-refractivity contribution in [3.8, 4) is 0 Å². The van der Waals surface area contributed by atoms with E-state index >= 15 is 0 Å². The topological polar surface area (TPSA) is 34.0 Å². The van der Waals surface area contributed by atoms with Gasteiger partial charge in [-0.1, -0.05) is 11.6 Å². The van der Waals surface area contributed by atoms with Crippen molar-refractivity contribution in [2.24, 2.45) is 9.98 Å². The first-order valence-corrected chi connectivity index (χ1v) is 4.22. The zero-order chi connectivity index (χ0) is 9.40. The van der Waals surface area contributed by atoms with Gasteiger partial charge < -0.3 is 4.74 Å². The lowest BCUT2D eigenvalue weighted by molar-refractivity contribution is 0.328. The van der Waals surface area contributed by atoms with Crippen LogP contribution in [0.3, 0.4) is 0 Å². The van der Waals surface area contributed by atoms with Gasteiger partial charge in [0.1, 0.15) is 11.0 Å². The molecule has 0 heterocycles. The van der Waals surface area contributed by atoms with Crippen LogP contribution in [0.15, 0.2) is 21.2 Å². The fourth-order valence-corrected chi connectivity index (χ4v) is 0.808. The van der Waals surface area contributed by atoms with E-state index in [1.807, 2.05) is 6.92 Å². The minimum absolute atomic E-state index is 0.108. The second-order valence-corrected chi connectivity index (χ2v) is 2.32. The summed E-state index contributed by atoms with van der Waals surface area (Å²) in [5, 5.41) is 0.299. The predicted octanol–water partition coefficient (Wildman–Crippen LogP) is 2.40. The number of halogens is 2. The van der Waals surface area contributed by atoms with E-state index in [9.17, 15) is 0 Å². The SMILES string of the molecule is C=N/C=C(Cl)\C(=N/CCl)OCC. The molecule has 0 saturated carbocycles. The Morgan fingerprint density at radius 2 is 2.33 bits per heavy atom. The molecule has 0 bridgehead atoms. The predicted molar refractivity (Wildman–Crippen MR) is 53.3 cm³/mol. The summed E-state index contributed by atoms with van der Waals surface area (Å²) in [6, 6.07) is 0.108. The van der Waals surface area contributed by atoms with Crippen molar-refractivity contribution in [2.75, 3.05) is 12.6 Å². The molecule has 0 fully saturated rings. The van der Waals surface area contributed by atoms with Crippen molar-refractivity contribution < 1.29 is 4.74 Å². The number of nitrogens with zero attached hydrogens (tertiary/aromatic N) is 2. The van der Waals surface area contributed by atoms with Crippen molar-refractivity contribution in [2.45, 2.75) is 6.92 Å². The van der Waals surface area contributed by atoms with Gasteiger partial charge in [0.15, 0.2) is 0 Å². The maximum atomic E-state index is 5.72. The summed E-state index contributed by atoms with van der Waals surface area (Å²) in [6.07, 6.45) is 1.35. The second kappa shape index (κ2) is 7.13. The third kappa shape index (κ3) is 4.36. The quantitative estimate of drug-likeness (QED) is 0.303. The Kier molecular flexibility index (Phi) is 6.81. The van der Waals surface area contributed by atoms with Gasteiger partial charge >= 0.3 is 0 Å². The highest BCUT2D eigenvalue weighted by atomic mass is 35.5. The van der Waals surface area contributed by atoms with Gasteiger partial charge in [0.25, 0.3) is 0 Å². The van der Waals surface area contributed by atoms with E-state index in [0.717, 1.165) is 0 Å². The van der Waals surface area contributed by atoms with Crippen LogP contribution in [0, 0.1) is 0 Å². The molecule has 0 aliphatic rings. The molecule has 0 amide bonds. The van der Waals surface area contributed by atoms with Gasteiger partial charge in [-0.3, -0.25) is 4.99 Å². The Morgan fingerprint density at radius 3 is 2.75 bits per heavy atom. The lowest BCUT2D eigenvalue weighted by atomic mass is 10.6. The molecule has 12 heavy (non-hydrogen) atoms. The number of alkyl halides is 1. The van der Waals surface area contributed by atoms with Crippen LogP contribution >= 0.6 is 23.2 Å². The Balaban J connectivity index is 4.39. The molecular weight excluding hydrogens is 199 g/mol. The van der Waals surface area contributed by atoms with Crippen molar-refractivity contribution >= 4 is 35.8 Å². The highest BCUT2D eigenvalue weighted by Crippen LogP contribution is 2.06. The third-order valence-electron chi connectivity index (χ3n) is 0.893. The maximum Gasteiger partial charge on any atom is 0.230 e. The van der Waals surface area contributed by atoms with Gasteiger partial charge in [-0.2, -0.15) is 0 Å². The van der Waals surface area contributed by atoms with E-state index in [1.54, 1.807) is 0 Å². The summed E-state index contributed by atoms with van der Waals surface area (Å²) in [5.74, 6) is 0.293. The minimum Gasteiger partial charge on any atom is -0.477 e. The molecular formula is C7H10Cl2N2O. The van der Waals surface area contributed by atoms with E-state index in [1.165, 1.54) is 6.20 Å². The summed E-state index contributed by atoms with van der Waals surface area (Å²) >= 11 is 11.1. The normalized spacial score (nSPS) is 12.9. The van der Waals surface area contributed by atoms with Gasteiger partial charge in [0.05, 0.1) is 12.8 Å². The van der Waals surface area contributed by atoms with Crippen LogP contribution < -0.4 is 0 Å². The van der Waals surface area contributed by atoms with Crippen LogP contribution in [0.2, 0.25) is 0 Å². The van der Waals surface area contributed by atoms with Gasteiger partial charge in [-0.25, -0.2) is 4.99 Å². The summed E-state index contributed by atoms with van der Waals surface area (Å²) in [5.41, 5.74) is 0. The highest BCUT2D eigenvalue weighted by Gasteiger charge is 2.03. The molecule has 0 saturated heterocycles. The summed E-state index contributed by atoms with van der Waals surface area (Å²) in [6.45, 7) is 5.56. The zero-order valence-corrected chi connectivity index (χ0v) is 8.27. The summed E-state index contributed by atoms with van der Waals surface area (Å²) in [7, 11) is 0. The van der Waals surface area contributed by atoms with Crippen molar-refractivity contribution in [1.82, 2.24) is 0 Å². The average molecular weight is 209 g/mol. The fraction of sp³-hybridized carbons (Fsp3) is 0.429. The Bertz CT molecular complexity index is 202. The van der Waals surface area contributed by atoms with Crippen LogP contribution in [0.1, 0.15) is 6.92 Å². The lowest BCUT2D eigenvalue weighted by Gasteiger charge is -2.03. The van der Waals surface area contributed by atoms with Gasteiger partial charge in [0.2, 0.25) is 5.90 Å². The number of ether oxygens (including phenoxy) is 1. The van der Waals surface area contributed by atoms with Gasteiger partial charge in [0, 0.05) is 0 Å². The van der Waals surface area contributed by atoms with Crippen LogP contribution in [0.25, 0.3) is 0 Å². The van der Waals surface area contributed by atoms with E-state index in [0.29, 0.717) is 17.5 Å². The largest absolute Gasteiger partial charge is 0.477 e. The third-order valence-corrected chi connectivity index (χ3v) is 1.27. The van der Waals surface area contributed by atoms with Crippen LogP contribution in [-0.2, 0) is 4.74 Å². The number of hydrogen-bond donors (Lipinski definition) is 0. The van der Waals surface area contributed by atoms with Crippen molar-refractivity contribution in [3.05, 3.63) is 11.2 Å². The Morgan fingerprint density at radius 1 is 1.67 bits per heavy atom. The standard InChI is InChI=1S/C7H10Cl2N2O/c1-3-12-7(11-5-8)6(9)4-10-2/h4H,2-3,5H2,1H3/b6-4+,11-7+. The highest BCUT2D eigenvalue weighted by molar-refractivity contribution is 6.42. The first kappa shape index (κ1) is 11.5. The molecule has 0 N–H and O–H groups in total. The van der Waals surface area contributed by atoms with E-state index < -0.39 is 0 Å². The van der Waals surface area contributed by atoms with Crippen molar-refractivity contribution in [3.63, 3.8) is 0 Å². The molecule has 0 radical (unpaired) electrons. The minimum atomic E-state index is 0.108. The van der Waals surface area contributed by atoms with Crippen LogP contribution in [-0.4, -0.2) is 25.2 Å². The first-order valence-electron chi connectivity index (χ1n) is 3.31. The number of hydrogen-bond acceptors (Lipinski definition) is 3. The average Bonchev–Trinajstić information content (AvgIpc) is 2.04. The van der Waals surface area contributed by atoms with Crippen LogP contribution in [0.4, 0.5) is 0 Å². The molecule has 0 rings (SSSR count). The molecule has 0 spiro atoms. The smallest absolute Gasteiger partial charge is 0.230 e. The molecule has 5 heteroatoms. The second-order valence-electron chi connectivity index (χ2n) is 1.68. The van der Waals surface area contributed by atoms with E-state index in [2.05, 4.69) is 16.7 Å². The molecule has 0 aromatic rings. The number of aliphatic imine (C=N–C) groups is 2. The fourth-order valence-electron chi connectivity index (χ4n) is 0.516. The first-order chi connectivity index (χ1) is 5.76. The molecule has 3 nitrogen and oxygen atoms in total. The zero-order valence-electron chi connectivity index (χ0n) is 6.76. The van der Waals surface area contributed by atoms with Gasteiger partial charge in [-0.05, 0) is 13.6 Å². The molecule has 0 aliphatic carbocycles. The summed E-state index contributed by atoms with van der Waals surface area (Å²) in [4.78, 5) is 7.28. The summed E-state index contributed by atoms with van der Waals surface area (Å²) < 4.78 is 5.07. The van der Waals surface area contributed by atoms with E-state index in [-0.39, 0.29) is 6.00 Å². The Hall–Kier alpha value is -0.540. The molecule has 0 aliphatic heterocycles. The molecule has 0 atom stereocenters. The molecule has 68 valence electrons. The lowest BCUT2D eigenvalue weighted by Crippen LogP contribution is -2.04. The monoisotopic (exact) mass is 208 g/mol. The van der Waals surface area contributed by atoms with Crippen molar-refractivity contribution in [1.29, 1.82) is 0 Å². The Labute approximate surface area is 81.8 Å².